The van der Waals surface area contributed by atoms with Crippen LogP contribution in [0.5, 0.6) is 0 Å². The maximum atomic E-state index is 13.0. The zero-order valence-electron chi connectivity index (χ0n) is 25.0. The highest BCUT2D eigenvalue weighted by atomic mass is 16.2. The zero-order valence-corrected chi connectivity index (χ0v) is 25.0. The molecule has 4 rings (SSSR count). The minimum absolute atomic E-state index is 0.179. The Hall–Kier alpha value is -3.41. The molecule has 0 saturated carbocycles. The van der Waals surface area contributed by atoms with Crippen molar-refractivity contribution in [3.8, 4) is 0 Å². The number of pyridine rings is 1. The molecule has 1 amide bonds. The highest BCUT2D eigenvalue weighted by Crippen LogP contribution is 2.30. The molecule has 0 atom stereocenters. The molecule has 2 N–H and O–H groups in total. The highest BCUT2D eigenvalue weighted by molar-refractivity contribution is 6.06. The molecule has 0 aliphatic rings. The molecule has 6 nitrogen and oxygen atoms in total. The van der Waals surface area contributed by atoms with E-state index in [9.17, 15) is 4.79 Å². The van der Waals surface area contributed by atoms with Gasteiger partial charge in [-0.25, -0.2) is 9.97 Å². The summed E-state index contributed by atoms with van der Waals surface area (Å²) in [4.78, 5) is 24.6. The number of aromatic nitrogens is 3. The Morgan fingerprint density at radius 2 is 1.55 bits per heavy atom. The number of unbranched alkanes of at least 4 members (excludes halogenated alkanes) is 6. The third-order valence-electron chi connectivity index (χ3n) is 7.85. The summed E-state index contributed by atoms with van der Waals surface area (Å²) in [5, 5.41) is 1.08. The number of carbonyl (C=O) groups excluding carboxylic acids is 1. The topological polar surface area (TPSA) is 77.0 Å². The summed E-state index contributed by atoms with van der Waals surface area (Å²) >= 11 is 0. The number of rotatable bonds is 15. The maximum absolute atomic E-state index is 13.0. The molecule has 6 heteroatoms. The number of nitrogens with zero attached hydrogens (tertiary/aromatic N) is 4. The summed E-state index contributed by atoms with van der Waals surface area (Å²) in [6.45, 7) is 10.0. The monoisotopic (exact) mass is 541 g/mol. The predicted octanol–water partition coefficient (Wildman–Crippen LogP) is 8.05. The number of nitrogen functional groups attached to an aromatic ring is 1. The molecule has 0 saturated heterocycles. The lowest BCUT2D eigenvalue weighted by Gasteiger charge is -2.27. The fraction of sp³-hybridized carbons (Fsp3) is 0.500. The minimum atomic E-state index is 0.179. The molecule has 2 aromatic carbocycles. The molecular formula is C34H47N5O. The van der Waals surface area contributed by atoms with E-state index in [0.29, 0.717) is 25.3 Å². The van der Waals surface area contributed by atoms with Crippen LogP contribution >= 0.6 is 0 Å². The van der Waals surface area contributed by atoms with Crippen molar-refractivity contribution >= 4 is 33.7 Å². The van der Waals surface area contributed by atoms with Crippen LogP contribution in [0.1, 0.15) is 102 Å². The first-order chi connectivity index (χ1) is 19.4. The Morgan fingerprint density at radius 3 is 2.27 bits per heavy atom. The third kappa shape index (κ3) is 7.21. The van der Waals surface area contributed by atoms with E-state index in [2.05, 4.69) is 67.6 Å². The van der Waals surface area contributed by atoms with Crippen LogP contribution in [0.3, 0.4) is 0 Å². The van der Waals surface area contributed by atoms with Crippen molar-refractivity contribution in [3.63, 3.8) is 0 Å². The molecule has 2 heterocycles. The smallest absolute Gasteiger partial charge is 0.223 e. The lowest BCUT2D eigenvalue weighted by atomic mass is 10.1. The number of hydrogen-bond donors (Lipinski definition) is 1. The SMILES string of the molecule is CCCCCCCCC(=O)N(Cc1ccc(Cn2c(CCCC)nc3c(N)nc4ccccc4c32)cc1)C(C)C. The van der Waals surface area contributed by atoms with Crippen molar-refractivity contribution in [3.05, 3.63) is 65.5 Å². The normalized spacial score (nSPS) is 11.6. The Kier molecular flexibility index (Phi) is 10.6. The number of hydrogen-bond acceptors (Lipinski definition) is 4. The quantitative estimate of drug-likeness (QED) is 0.154. The molecule has 214 valence electrons. The Morgan fingerprint density at radius 1 is 0.875 bits per heavy atom. The number of nitrogens with two attached hydrogens (primary N) is 1. The summed E-state index contributed by atoms with van der Waals surface area (Å²) in [6, 6.07) is 17.1. The van der Waals surface area contributed by atoms with Crippen LogP contribution in [0.4, 0.5) is 5.82 Å². The fourth-order valence-corrected chi connectivity index (χ4v) is 5.49. The number of para-hydroxylation sites is 1. The second-order valence-electron chi connectivity index (χ2n) is 11.4. The Bertz CT molecular complexity index is 1390. The molecule has 0 unspecified atom stereocenters. The van der Waals surface area contributed by atoms with E-state index in [1.165, 1.54) is 31.2 Å². The maximum Gasteiger partial charge on any atom is 0.223 e. The van der Waals surface area contributed by atoms with Gasteiger partial charge in [0.05, 0.1) is 11.0 Å². The van der Waals surface area contributed by atoms with Gasteiger partial charge in [0.2, 0.25) is 5.91 Å². The average molecular weight is 542 g/mol. The van der Waals surface area contributed by atoms with E-state index in [1.807, 2.05) is 23.1 Å². The van der Waals surface area contributed by atoms with Crippen LogP contribution in [0.2, 0.25) is 0 Å². The van der Waals surface area contributed by atoms with Gasteiger partial charge in [0, 0.05) is 37.4 Å². The van der Waals surface area contributed by atoms with E-state index in [-0.39, 0.29) is 11.9 Å². The van der Waals surface area contributed by atoms with E-state index >= 15 is 0 Å². The lowest BCUT2D eigenvalue weighted by molar-refractivity contribution is -0.133. The molecule has 0 bridgehead atoms. The summed E-state index contributed by atoms with van der Waals surface area (Å²) in [6.07, 6.45) is 10.9. The van der Waals surface area contributed by atoms with Gasteiger partial charge in [-0.15, -0.1) is 0 Å². The van der Waals surface area contributed by atoms with Gasteiger partial charge in [0.25, 0.3) is 0 Å². The van der Waals surface area contributed by atoms with Crippen molar-refractivity contribution in [2.24, 2.45) is 0 Å². The van der Waals surface area contributed by atoms with E-state index < -0.39 is 0 Å². The van der Waals surface area contributed by atoms with Gasteiger partial charge >= 0.3 is 0 Å². The molecule has 0 radical (unpaired) electrons. The van der Waals surface area contributed by atoms with Crippen LogP contribution in [-0.2, 0) is 24.3 Å². The number of imidazole rings is 1. The number of aryl methyl sites for hydroxylation is 1. The lowest BCUT2D eigenvalue weighted by Crippen LogP contribution is -2.36. The van der Waals surface area contributed by atoms with Gasteiger partial charge in [-0.3, -0.25) is 4.79 Å². The second-order valence-corrected chi connectivity index (χ2v) is 11.4. The summed E-state index contributed by atoms with van der Waals surface area (Å²) in [5.41, 5.74) is 11.5. The second kappa shape index (κ2) is 14.3. The molecule has 0 spiro atoms. The first kappa shape index (κ1) is 29.6. The van der Waals surface area contributed by atoms with Crippen molar-refractivity contribution in [2.45, 2.75) is 111 Å². The van der Waals surface area contributed by atoms with Crippen molar-refractivity contribution < 1.29 is 4.79 Å². The Balaban J connectivity index is 1.51. The standard InChI is InChI=1S/C34H47N5O/c1-5-7-9-10-11-12-18-31(40)38(25(3)4)23-26-19-21-27(22-20-26)24-39-30(17-8-6-2)37-32-33(39)28-15-13-14-16-29(28)36-34(32)35/h13-16,19-22,25H,5-12,17-18,23-24H2,1-4H3,(H2,35,36). The van der Waals surface area contributed by atoms with E-state index in [0.717, 1.165) is 65.4 Å². The van der Waals surface area contributed by atoms with Gasteiger partial charge in [-0.05, 0) is 43.9 Å². The molecule has 40 heavy (non-hydrogen) atoms. The van der Waals surface area contributed by atoms with Crippen LogP contribution in [0.25, 0.3) is 21.9 Å². The van der Waals surface area contributed by atoms with Crippen LogP contribution in [0, 0.1) is 0 Å². The van der Waals surface area contributed by atoms with Crippen molar-refractivity contribution in [1.29, 1.82) is 0 Å². The molecule has 2 aromatic heterocycles. The zero-order chi connectivity index (χ0) is 28.5. The summed E-state index contributed by atoms with van der Waals surface area (Å²) in [5.74, 6) is 1.80. The molecule has 0 aliphatic carbocycles. The predicted molar refractivity (Wildman–Crippen MR) is 167 cm³/mol. The molecule has 4 aromatic rings. The van der Waals surface area contributed by atoms with Gasteiger partial charge in [0.15, 0.2) is 5.82 Å². The molecule has 0 fully saturated rings. The van der Waals surface area contributed by atoms with Crippen LogP contribution < -0.4 is 5.73 Å². The first-order valence-corrected chi connectivity index (χ1v) is 15.3. The van der Waals surface area contributed by atoms with Crippen molar-refractivity contribution in [2.75, 3.05) is 5.73 Å². The van der Waals surface area contributed by atoms with Crippen LogP contribution in [-0.4, -0.2) is 31.4 Å². The van der Waals surface area contributed by atoms with Crippen molar-refractivity contribution in [1.82, 2.24) is 19.4 Å². The number of benzene rings is 2. The van der Waals surface area contributed by atoms with Gasteiger partial charge in [-0.1, -0.05) is 94.8 Å². The first-order valence-electron chi connectivity index (χ1n) is 15.3. The Labute approximate surface area is 240 Å². The van der Waals surface area contributed by atoms with Gasteiger partial charge in [0.1, 0.15) is 11.3 Å². The largest absolute Gasteiger partial charge is 0.382 e. The number of fused-ring (bicyclic) bond motifs is 3. The van der Waals surface area contributed by atoms with Crippen LogP contribution in [0.15, 0.2) is 48.5 Å². The number of carbonyl (C=O) groups is 1. The molecular weight excluding hydrogens is 494 g/mol. The number of anilines is 1. The summed E-state index contributed by atoms with van der Waals surface area (Å²) < 4.78 is 2.32. The van der Waals surface area contributed by atoms with Gasteiger partial charge < -0.3 is 15.2 Å². The third-order valence-corrected chi connectivity index (χ3v) is 7.85. The fourth-order valence-electron chi connectivity index (χ4n) is 5.49. The molecule has 0 aliphatic heterocycles. The summed E-state index contributed by atoms with van der Waals surface area (Å²) in [7, 11) is 0. The highest BCUT2D eigenvalue weighted by Gasteiger charge is 2.19. The van der Waals surface area contributed by atoms with E-state index in [1.54, 1.807) is 0 Å². The minimum Gasteiger partial charge on any atom is -0.382 e. The van der Waals surface area contributed by atoms with Gasteiger partial charge in [-0.2, -0.15) is 0 Å². The average Bonchev–Trinajstić information content (AvgIpc) is 3.31. The number of amides is 1. The van der Waals surface area contributed by atoms with E-state index in [4.69, 9.17) is 10.7 Å².